The Labute approximate surface area is 129 Å². The first kappa shape index (κ1) is 15.0. The number of ether oxygens (including phenoxy) is 2. The predicted octanol–water partition coefficient (Wildman–Crippen LogP) is 2.65. The molecule has 1 heterocycles. The fraction of sp³-hybridized carbons (Fsp3) is 0.692. The van der Waals surface area contributed by atoms with E-state index < -0.39 is 0 Å². The van der Waals surface area contributed by atoms with Crippen molar-refractivity contribution in [1.29, 1.82) is 0 Å². The molecular weight excluding hydrogens is 380 g/mol. The molecule has 6 heteroatoms. The molecule has 1 saturated heterocycles. The van der Waals surface area contributed by atoms with E-state index >= 15 is 0 Å². The quantitative estimate of drug-likeness (QED) is 0.542. The topological polar surface area (TPSA) is 52.6 Å². The molecule has 0 spiro atoms. The number of rotatable bonds is 4. The van der Waals surface area contributed by atoms with Gasteiger partial charge in [-0.15, -0.1) is 0 Å². The summed E-state index contributed by atoms with van der Waals surface area (Å²) in [5, 5.41) is 0.756. The Morgan fingerprint density at radius 2 is 2.32 bits per heavy atom. The molecule has 1 fully saturated rings. The van der Waals surface area contributed by atoms with Crippen molar-refractivity contribution < 1.29 is 19.1 Å². The van der Waals surface area contributed by atoms with Gasteiger partial charge in [0.05, 0.1) is 19.6 Å². The first-order valence-corrected chi connectivity index (χ1v) is 8.16. The molecule has 0 aromatic carbocycles. The maximum atomic E-state index is 11.9. The molecule has 1 aliphatic carbocycles. The number of halogens is 2. The third-order valence-corrected chi connectivity index (χ3v) is 5.48. The molecule has 0 saturated carbocycles. The minimum atomic E-state index is -0.234. The van der Waals surface area contributed by atoms with Crippen molar-refractivity contribution in [1.82, 2.24) is 0 Å². The van der Waals surface area contributed by atoms with Gasteiger partial charge in [-0.25, -0.2) is 0 Å². The van der Waals surface area contributed by atoms with Crippen LogP contribution in [0.5, 0.6) is 0 Å². The average molecular weight is 396 g/mol. The molecule has 0 aromatic rings. The van der Waals surface area contributed by atoms with Crippen LogP contribution in [-0.4, -0.2) is 31.0 Å². The van der Waals surface area contributed by atoms with Crippen LogP contribution in [0.15, 0.2) is 10.6 Å². The van der Waals surface area contributed by atoms with Crippen molar-refractivity contribution in [3.8, 4) is 0 Å². The second kappa shape index (κ2) is 6.39. The molecule has 2 rings (SSSR count). The highest BCUT2D eigenvalue weighted by Crippen LogP contribution is 2.46. The van der Waals surface area contributed by atoms with E-state index in [0.717, 1.165) is 9.81 Å². The molecule has 0 radical (unpaired) electrons. The monoisotopic (exact) mass is 394 g/mol. The van der Waals surface area contributed by atoms with Gasteiger partial charge in [-0.05, 0) is 16.8 Å². The molecule has 1 aliphatic heterocycles. The predicted molar refractivity (Wildman–Crippen MR) is 77.0 cm³/mol. The van der Waals surface area contributed by atoms with Gasteiger partial charge in [0.2, 0.25) is 0 Å². The second-order valence-corrected chi connectivity index (χ2v) is 6.47. The van der Waals surface area contributed by atoms with Crippen molar-refractivity contribution in [3.05, 3.63) is 10.6 Å². The third-order valence-electron chi connectivity index (χ3n) is 3.93. The Bertz CT molecular complexity index is 407. The summed E-state index contributed by atoms with van der Waals surface area (Å²) < 4.78 is 10.9. The first-order chi connectivity index (χ1) is 9.08. The normalized spacial score (nSPS) is 33.4. The highest BCUT2D eigenvalue weighted by Gasteiger charge is 2.47. The largest absolute Gasteiger partial charge is 0.469 e. The molecule has 0 bridgehead atoms. The summed E-state index contributed by atoms with van der Waals surface area (Å²) in [6.07, 6.45) is 3.06. The van der Waals surface area contributed by atoms with Crippen LogP contribution < -0.4 is 0 Å². The standard InChI is InChI=1S/C13H16Br2O4/c1-18-11(16)3-2-8-9(5-14)10(15)4-7-6-19-13(17)12(7)8/h4,7-9,12H,2-3,5-6H2,1H3/t7-,8+,9+,12+/m1/s1. The summed E-state index contributed by atoms with van der Waals surface area (Å²) in [6.45, 7) is 0.447. The molecular formula is C13H16Br2O4. The summed E-state index contributed by atoms with van der Waals surface area (Å²) in [5.74, 6) is -0.0632. The Hall–Kier alpha value is -0.360. The van der Waals surface area contributed by atoms with Gasteiger partial charge in [-0.2, -0.15) is 0 Å². The summed E-state index contributed by atoms with van der Waals surface area (Å²) in [4.78, 5) is 23.2. The summed E-state index contributed by atoms with van der Waals surface area (Å²) >= 11 is 7.08. The van der Waals surface area contributed by atoms with Crippen LogP contribution in [-0.2, 0) is 19.1 Å². The van der Waals surface area contributed by atoms with E-state index in [2.05, 4.69) is 42.7 Å². The summed E-state index contributed by atoms with van der Waals surface area (Å²) in [6, 6.07) is 0. The maximum absolute atomic E-state index is 11.9. The van der Waals surface area contributed by atoms with E-state index in [0.29, 0.717) is 19.4 Å². The third kappa shape index (κ3) is 3.05. The van der Waals surface area contributed by atoms with Gasteiger partial charge in [0.25, 0.3) is 0 Å². The van der Waals surface area contributed by atoms with E-state index in [4.69, 9.17) is 4.74 Å². The zero-order valence-corrected chi connectivity index (χ0v) is 13.8. The van der Waals surface area contributed by atoms with Crippen molar-refractivity contribution in [2.45, 2.75) is 12.8 Å². The van der Waals surface area contributed by atoms with Gasteiger partial charge in [0.15, 0.2) is 0 Å². The van der Waals surface area contributed by atoms with E-state index in [9.17, 15) is 9.59 Å². The molecule has 19 heavy (non-hydrogen) atoms. The van der Waals surface area contributed by atoms with Crippen LogP contribution in [0.4, 0.5) is 0 Å². The number of hydrogen-bond donors (Lipinski definition) is 0. The van der Waals surface area contributed by atoms with Crippen LogP contribution in [0.1, 0.15) is 12.8 Å². The molecule has 4 nitrogen and oxygen atoms in total. The number of carbonyl (C=O) groups excluding carboxylic acids is 2. The number of carbonyl (C=O) groups is 2. The molecule has 106 valence electrons. The van der Waals surface area contributed by atoms with Crippen molar-refractivity contribution in [2.75, 3.05) is 19.0 Å². The van der Waals surface area contributed by atoms with Crippen LogP contribution in [0.2, 0.25) is 0 Å². The number of alkyl halides is 1. The highest BCUT2D eigenvalue weighted by molar-refractivity contribution is 9.12. The highest BCUT2D eigenvalue weighted by atomic mass is 79.9. The number of methoxy groups -OCH3 is 1. The lowest BCUT2D eigenvalue weighted by atomic mass is 9.70. The van der Waals surface area contributed by atoms with Gasteiger partial charge in [0, 0.05) is 23.6 Å². The van der Waals surface area contributed by atoms with Gasteiger partial charge in [-0.1, -0.05) is 37.9 Å². The van der Waals surface area contributed by atoms with Gasteiger partial charge in [0.1, 0.15) is 0 Å². The summed E-state index contributed by atoms with van der Waals surface area (Å²) in [7, 11) is 1.38. The number of esters is 2. The average Bonchev–Trinajstić information content (AvgIpc) is 2.76. The number of allylic oxidation sites excluding steroid dienone is 1. The Morgan fingerprint density at radius 3 is 2.95 bits per heavy atom. The van der Waals surface area contributed by atoms with Crippen LogP contribution in [0.3, 0.4) is 0 Å². The summed E-state index contributed by atoms with van der Waals surface area (Å²) in [5.41, 5.74) is 0. The molecule has 0 unspecified atom stereocenters. The lowest BCUT2D eigenvalue weighted by molar-refractivity contribution is -0.145. The molecule has 0 N–H and O–H groups in total. The molecule has 0 amide bonds. The number of cyclic esters (lactones) is 1. The fourth-order valence-electron chi connectivity index (χ4n) is 2.94. The van der Waals surface area contributed by atoms with E-state index in [-0.39, 0.29) is 35.6 Å². The van der Waals surface area contributed by atoms with Crippen molar-refractivity contribution in [2.24, 2.45) is 23.7 Å². The molecule has 2 aliphatic rings. The minimum absolute atomic E-state index is 0.109. The lowest BCUT2D eigenvalue weighted by Crippen LogP contribution is -2.35. The molecule has 4 atom stereocenters. The van der Waals surface area contributed by atoms with Crippen LogP contribution in [0, 0.1) is 23.7 Å². The van der Waals surface area contributed by atoms with E-state index in [1.807, 2.05) is 0 Å². The Balaban J connectivity index is 2.17. The van der Waals surface area contributed by atoms with Gasteiger partial charge >= 0.3 is 11.9 Å². The molecule has 0 aromatic heterocycles. The van der Waals surface area contributed by atoms with Gasteiger partial charge < -0.3 is 9.47 Å². The number of fused-ring (bicyclic) bond motifs is 1. The lowest BCUT2D eigenvalue weighted by Gasteiger charge is -2.35. The van der Waals surface area contributed by atoms with E-state index in [1.165, 1.54) is 7.11 Å². The van der Waals surface area contributed by atoms with Gasteiger partial charge in [-0.3, -0.25) is 9.59 Å². The van der Waals surface area contributed by atoms with Crippen molar-refractivity contribution in [3.63, 3.8) is 0 Å². The SMILES string of the molecule is COC(=O)CC[C@@H]1[C@H]2C(=O)OC[C@H]2C=C(Br)[C@H]1CBr. The van der Waals surface area contributed by atoms with Crippen LogP contribution in [0.25, 0.3) is 0 Å². The van der Waals surface area contributed by atoms with Crippen molar-refractivity contribution >= 4 is 43.8 Å². The van der Waals surface area contributed by atoms with E-state index in [1.54, 1.807) is 0 Å². The zero-order chi connectivity index (χ0) is 14.0. The zero-order valence-electron chi connectivity index (χ0n) is 10.6. The Morgan fingerprint density at radius 1 is 1.58 bits per heavy atom. The van der Waals surface area contributed by atoms with Crippen LogP contribution >= 0.6 is 31.9 Å². The maximum Gasteiger partial charge on any atom is 0.309 e. The first-order valence-electron chi connectivity index (χ1n) is 6.25. The fourth-order valence-corrected chi connectivity index (χ4v) is 5.04. The minimum Gasteiger partial charge on any atom is -0.469 e. The Kier molecular flexibility index (Phi) is 5.06. The number of hydrogen-bond acceptors (Lipinski definition) is 4. The second-order valence-electron chi connectivity index (χ2n) is 4.91. The smallest absolute Gasteiger partial charge is 0.309 e.